The van der Waals surface area contributed by atoms with E-state index in [1.807, 2.05) is 24.3 Å². The number of hydrogen-bond acceptors (Lipinski definition) is 5. The van der Waals surface area contributed by atoms with Crippen LogP contribution in [0.25, 0.3) is 0 Å². The molecule has 1 aromatic carbocycles. The molecule has 0 unspecified atom stereocenters. The number of amides is 1. The minimum atomic E-state index is -0.237. The van der Waals surface area contributed by atoms with Gasteiger partial charge in [-0.3, -0.25) is 15.1 Å². The van der Waals surface area contributed by atoms with Gasteiger partial charge in [-0.15, -0.1) is 11.8 Å². The maximum absolute atomic E-state index is 12.0. The van der Waals surface area contributed by atoms with Crippen molar-refractivity contribution < 1.29 is 9.21 Å². The molecular formula is C15H14N2O2S2. The monoisotopic (exact) mass is 318 g/mol. The Morgan fingerprint density at radius 1 is 1.29 bits per heavy atom. The van der Waals surface area contributed by atoms with Crippen LogP contribution in [0, 0.1) is 0 Å². The molecule has 0 saturated heterocycles. The number of nitrogens with one attached hydrogen (secondary N) is 1. The summed E-state index contributed by atoms with van der Waals surface area (Å²) in [6, 6.07) is 13.6. The average molecular weight is 318 g/mol. The predicted molar refractivity (Wildman–Crippen MR) is 86.9 cm³/mol. The lowest BCUT2D eigenvalue weighted by Gasteiger charge is -2.01. The number of hydrogen-bond donors (Lipinski definition) is 1. The van der Waals surface area contributed by atoms with Crippen molar-refractivity contribution in [2.45, 2.75) is 10.6 Å². The highest BCUT2D eigenvalue weighted by atomic mass is 32.2. The summed E-state index contributed by atoms with van der Waals surface area (Å²) in [5.41, 5.74) is 0. The van der Waals surface area contributed by atoms with E-state index in [-0.39, 0.29) is 5.91 Å². The number of thioether (sulfide) groups is 2. The van der Waals surface area contributed by atoms with E-state index < -0.39 is 0 Å². The molecule has 2 aromatic rings. The van der Waals surface area contributed by atoms with Gasteiger partial charge in [0, 0.05) is 10.6 Å². The van der Waals surface area contributed by atoms with E-state index >= 15 is 0 Å². The summed E-state index contributed by atoms with van der Waals surface area (Å²) < 4.78 is 5.58. The molecule has 1 N–H and O–H groups in total. The van der Waals surface area contributed by atoms with E-state index in [0.717, 1.165) is 18.1 Å². The Morgan fingerprint density at radius 3 is 2.90 bits per heavy atom. The number of benzene rings is 1. The molecule has 6 heteroatoms. The second kappa shape index (κ2) is 6.87. The van der Waals surface area contributed by atoms with Gasteiger partial charge in [0.05, 0.1) is 12.3 Å². The van der Waals surface area contributed by atoms with Gasteiger partial charge in [-0.25, -0.2) is 0 Å². The van der Waals surface area contributed by atoms with Crippen molar-refractivity contribution in [1.29, 1.82) is 0 Å². The largest absolute Gasteiger partial charge is 0.455 e. The van der Waals surface area contributed by atoms with E-state index in [2.05, 4.69) is 22.4 Å². The van der Waals surface area contributed by atoms with Crippen LogP contribution < -0.4 is 5.32 Å². The van der Waals surface area contributed by atoms with E-state index in [0.29, 0.717) is 16.7 Å². The molecule has 0 atom stereocenters. The molecule has 0 fully saturated rings. The smallest absolute Gasteiger partial charge is 0.292 e. The van der Waals surface area contributed by atoms with E-state index in [9.17, 15) is 4.79 Å². The van der Waals surface area contributed by atoms with Gasteiger partial charge in [0.15, 0.2) is 10.9 Å². The molecule has 1 aliphatic heterocycles. The first-order valence-corrected chi connectivity index (χ1v) is 8.53. The highest BCUT2D eigenvalue weighted by Gasteiger charge is 2.15. The standard InChI is InChI=1S/C15H14N2O2S2/c18-14(17-15-16-8-9-20-15)13-7-6-11(19-13)10-21-12-4-2-1-3-5-12/h1-7H,8-10H2,(H,16,17,18). The van der Waals surface area contributed by atoms with Crippen LogP contribution in [0.2, 0.25) is 0 Å². The molecule has 0 bridgehead atoms. The number of carbonyl (C=O) groups is 1. The predicted octanol–water partition coefficient (Wildman–Crippen LogP) is 3.40. The minimum absolute atomic E-state index is 0.237. The molecule has 2 heterocycles. The summed E-state index contributed by atoms with van der Waals surface area (Å²) >= 11 is 3.23. The topological polar surface area (TPSA) is 54.6 Å². The third-order valence-corrected chi connectivity index (χ3v) is 4.74. The van der Waals surface area contributed by atoms with Crippen molar-refractivity contribution in [2.24, 2.45) is 4.99 Å². The molecular weight excluding hydrogens is 304 g/mol. The first kappa shape index (κ1) is 14.3. The second-order valence-electron chi connectivity index (χ2n) is 4.36. The highest BCUT2D eigenvalue weighted by Crippen LogP contribution is 2.23. The SMILES string of the molecule is O=C(NC1=NCCS1)c1ccc(CSc2ccccc2)o1. The van der Waals surface area contributed by atoms with Gasteiger partial charge in [0.2, 0.25) is 0 Å². The van der Waals surface area contributed by atoms with Crippen LogP contribution in [0.15, 0.2) is 56.8 Å². The normalized spacial score (nSPS) is 14.0. The van der Waals surface area contributed by atoms with Gasteiger partial charge in [-0.1, -0.05) is 30.0 Å². The molecule has 21 heavy (non-hydrogen) atoms. The van der Waals surface area contributed by atoms with Crippen molar-refractivity contribution in [3.05, 3.63) is 54.0 Å². The van der Waals surface area contributed by atoms with Crippen LogP contribution in [-0.4, -0.2) is 23.4 Å². The van der Waals surface area contributed by atoms with E-state index in [1.54, 1.807) is 29.6 Å². The second-order valence-corrected chi connectivity index (χ2v) is 6.49. The third kappa shape index (κ3) is 3.92. The zero-order valence-corrected chi connectivity index (χ0v) is 12.9. The summed E-state index contributed by atoms with van der Waals surface area (Å²) in [6.45, 7) is 0.761. The zero-order valence-electron chi connectivity index (χ0n) is 11.2. The number of amidine groups is 1. The maximum atomic E-state index is 12.0. The van der Waals surface area contributed by atoms with Crippen LogP contribution in [-0.2, 0) is 5.75 Å². The Morgan fingerprint density at radius 2 is 2.14 bits per heavy atom. The molecule has 0 saturated carbocycles. The van der Waals surface area contributed by atoms with Crippen molar-refractivity contribution in [1.82, 2.24) is 5.32 Å². The van der Waals surface area contributed by atoms with E-state index in [1.165, 1.54) is 4.90 Å². The molecule has 1 amide bonds. The molecule has 0 radical (unpaired) electrons. The Hall–Kier alpha value is -1.66. The number of carbonyl (C=O) groups excluding carboxylic acids is 1. The summed E-state index contributed by atoms with van der Waals surface area (Å²) in [5.74, 6) is 2.50. The Bertz CT molecular complexity index is 653. The summed E-state index contributed by atoms with van der Waals surface area (Å²) in [7, 11) is 0. The van der Waals surface area contributed by atoms with Crippen LogP contribution in [0.1, 0.15) is 16.3 Å². The summed E-state index contributed by atoms with van der Waals surface area (Å²) in [5, 5.41) is 3.43. The highest BCUT2D eigenvalue weighted by molar-refractivity contribution is 8.14. The van der Waals surface area contributed by atoms with Gasteiger partial charge >= 0.3 is 0 Å². The quantitative estimate of drug-likeness (QED) is 0.878. The number of furan rings is 1. The van der Waals surface area contributed by atoms with E-state index in [4.69, 9.17) is 4.42 Å². The lowest BCUT2D eigenvalue weighted by Crippen LogP contribution is -2.26. The fraction of sp³-hybridized carbons (Fsp3) is 0.200. The molecule has 3 rings (SSSR count). The fourth-order valence-electron chi connectivity index (χ4n) is 1.82. The van der Waals surface area contributed by atoms with Crippen molar-refractivity contribution in [3.63, 3.8) is 0 Å². The van der Waals surface area contributed by atoms with Crippen LogP contribution in [0.4, 0.5) is 0 Å². The summed E-state index contributed by atoms with van der Waals surface area (Å²) in [4.78, 5) is 17.3. The lowest BCUT2D eigenvalue weighted by atomic mass is 10.4. The molecule has 108 valence electrons. The minimum Gasteiger partial charge on any atom is -0.455 e. The van der Waals surface area contributed by atoms with Crippen molar-refractivity contribution in [2.75, 3.05) is 12.3 Å². The van der Waals surface area contributed by atoms with Gasteiger partial charge in [-0.05, 0) is 24.3 Å². The van der Waals surface area contributed by atoms with Crippen molar-refractivity contribution >= 4 is 34.6 Å². The van der Waals surface area contributed by atoms with Crippen LogP contribution >= 0.6 is 23.5 Å². The number of nitrogens with zero attached hydrogens (tertiary/aromatic N) is 1. The molecule has 1 aromatic heterocycles. The fourth-order valence-corrected chi connectivity index (χ4v) is 3.36. The molecule has 0 spiro atoms. The van der Waals surface area contributed by atoms with Crippen LogP contribution in [0.5, 0.6) is 0 Å². The van der Waals surface area contributed by atoms with Crippen molar-refractivity contribution in [3.8, 4) is 0 Å². The van der Waals surface area contributed by atoms with Gasteiger partial charge in [0.1, 0.15) is 5.76 Å². The maximum Gasteiger partial charge on any atom is 0.292 e. The first-order valence-electron chi connectivity index (χ1n) is 6.56. The van der Waals surface area contributed by atoms with Gasteiger partial charge < -0.3 is 4.42 Å². The lowest BCUT2D eigenvalue weighted by molar-refractivity contribution is 0.0949. The Kier molecular flexibility index (Phi) is 4.67. The first-order chi connectivity index (χ1) is 10.3. The van der Waals surface area contributed by atoms with Gasteiger partial charge in [-0.2, -0.15) is 0 Å². The number of rotatable bonds is 4. The Balaban J connectivity index is 1.57. The number of aliphatic imine (C=N–C) groups is 1. The average Bonchev–Trinajstić information content (AvgIpc) is 3.17. The Labute approximate surface area is 131 Å². The van der Waals surface area contributed by atoms with Crippen LogP contribution in [0.3, 0.4) is 0 Å². The van der Waals surface area contributed by atoms with Gasteiger partial charge in [0.25, 0.3) is 5.91 Å². The molecule has 1 aliphatic rings. The zero-order chi connectivity index (χ0) is 14.5. The molecule has 4 nitrogen and oxygen atoms in total. The molecule has 0 aliphatic carbocycles. The summed E-state index contributed by atoms with van der Waals surface area (Å²) in [6.07, 6.45) is 0. The third-order valence-electron chi connectivity index (χ3n) is 2.82.